The number of amides is 1. The molecule has 4 rings (SSSR count). The van der Waals surface area contributed by atoms with Crippen LogP contribution in [-0.4, -0.2) is 27.5 Å². The van der Waals surface area contributed by atoms with Crippen LogP contribution in [-0.2, 0) is 21.2 Å². The molecule has 0 bridgehead atoms. The van der Waals surface area contributed by atoms with E-state index in [0.29, 0.717) is 30.2 Å². The van der Waals surface area contributed by atoms with Crippen molar-refractivity contribution in [1.29, 1.82) is 0 Å². The molecule has 2 aromatic rings. The summed E-state index contributed by atoms with van der Waals surface area (Å²) in [6.45, 7) is 0.520. The van der Waals surface area contributed by atoms with E-state index in [4.69, 9.17) is 9.47 Å². The second-order valence-electron chi connectivity index (χ2n) is 5.52. The Morgan fingerprint density at radius 2 is 1.88 bits per heavy atom. The molecule has 7 nitrogen and oxygen atoms in total. The fraction of sp³-hybridized carbons (Fsp3) is 0.188. The number of ether oxygens (including phenoxy) is 2. The van der Waals surface area contributed by atoms with E-state index in [1.807, 2.05) is 0 Å². The minimum absolute atomic E-state index is 0.0464. The van der Waals surface area contributed by atoms with E-state index in [2.05, 4.69) is 10.0 Å². The summed E-state index contributed by atoms with van der Waals surface area (Å²) in [5, 5.41) is 2.64. The molecule has 0 atom stereocenters. The van der Waals surface area contributed by atoms with Crippen LogP contribution in [0.2, 0.25) is 0 Å². The Bertz CT molecular complexity index is 939. The summed E-state index contributed by atoms with van der Waals surface area (Å²) in [5.74, 6) is 0.955. The Balaban J connectivity index is 1.62. The van der Waals surface area contributed by atoms with Crippen molar-refractivity contribution >= 4 is 27.3 Å². The van der Waals surface area contributed by atoms with E-state index in [0.717, 1.165) is 11.3 Å². The number of sulfonamides is 1. The van der Waals surface area contributed by atoms with E-state index in [9.17, 15) is 13.2 Å². The Morgan fingerprint density at radius 1 is 1.04 bits per heavy atom. The van der Waals surface area contributed by atoms with E-state index in [-0.39, 0.29) is 17.4 Å². The van der Waals surface area contributed by atoms with Gasteiger partial charge in [-0.2, -0.15) is 0 Å². The molecule has 2 aliphatic rings. The van der Waals surface area contributed by atoms with Gasteiger partial charge in [-0.15, -0.1) is 0 Å². The Kier molecular flexibility index (Phi) is 3.34. The van der Waals surface area contributed by atoms with Gasteiger partial charge in [-0.1, -0.05) is 0 Å². The van der Waals surface area contributed by atoms with E-state index in [1.54, 1.807) is 24.3 Å². The third kappa shape index (κ3) is 2.65. The molecule has 0 fully saturated rings. The normalized spacial score (nSPS) is 15.6. The number of carbonyl (C=O) groups excluding carboxylic acids is 1. The molecule has 2 N–H and O–H groups in total. The van der Waals surface area contributed by atoms with Crippen LogP contribution in [0, 0.1) is 0 Å². The molecule has 0 spiro atoms. The average molecular weight is 346 g/mol. The minimum Gasteiger partial charge on any atom is -0.493 e. The molecule has 0 aromatic heterocycles. The topological polar surface area (TPSA) is 93.7 Å². The first-order valence-corrected chi connectivity index (χ1v) is 8.85. The van der Waals surface area contributed by atoms with Crippen molar-refractivity contribution in [2.45, 2.75) is 11.3 Å². The minimum atomic E-state index is -3.73. The van der Waals surface area contributed by atoms with E-state index >= 15 is 0 Å². The highest BCUT2D eigenvalue weighted by molar-refractivity contribution is 7.92. The van der Waals surface area contributed by atoms with Crippen molar-refractivity contribution in [3.05, 3.63) is 42.0 Å². The van der Waals surface area contributed by atoms with Gasteiger partial charge in [0, 0.05) is 6.42 Å². The Morgan fingerprint density at radius 3 is 2.75 bits per heavy atom. The molecule has 24 heavy (non-hydrogen) atoms. The first kappa shape index (κ1) is 14.8. The van der Waals surface area contributed by atoms with Gasteiger partial charge in [-0.3, -0.25) is 9.52 Å². The quantitative estimate of drug-likeness (QED) is 0.883. The zero-order valence-corrected chi connectivity index (χ0v) is 13.4. The van der Waals surface area contributed by atoms with Crippen molar-refractivity contribution in [3.63, 3.8) is 0 Å². The lowest BCUT2D eigenvalue weighted by molar-refractivity contribution is -0.118. The molecule has 8 heteroatoms. The number of nitrogens with one attached hydrogen (secondary N) is 2. The maximum atomic E-state index is 12.6. The molecule has 0 saturated heterocycles. The molecule has 2 heterocycles. The van der Waals surface area contributed by atoms with Crippen LogP contribution in [0.1, 0.15) is 5.56 Å². The zero-order chi connectivity index (χ0) is 16.7. The monoisotopic (exact) mass is 346 g/mol. The number of anilines is 2. The molecule has 0 unspecified atom stereocenters. The predicted molar refractivity (Wildman–Crippen MR) is 87.0 cm³/mol. The predicted octanol–water partition coefficient (Wildman–Crippen LogP) is 1.75. The first-order chi connectivity index (χ1) is 11.5. The lowest BCUT2D eigenvalue weighted by atomic mass is 10.2. The molecular formula is C16H14N2O5S. The molecule has 2 aliphatic heterocycles. The van der Waals surface area contributed by atoms with Crippen LogP contribution in [0.5, 0.6) is 11.5 Å². The number of fused-ring (bicyclic) bond motifs is 2. The zero-order valence-electron chi connectivity index (χ0n) is 12.5. The standard InChI is InChI=1S/C16H14N2O5S/c19-16-9-23-15-3-1-11(8-13(15)17-16)18-24(20,21)12-2-4-14-10(7-12)5-6-22-14/h1-4,7-8,18H,5-6,9H2,(H,17,19). The molecule has 1 amide bonds. The second-order valence-corrected chi connectivity index (χ2v) is 7.20. The third-order valence-electron chi connectivity index (χ3n) is 3.84. The smallest absolute Gasteiger partial charge is 0.262 e. The largest absolute Gasteiger partial charge is 0.493 e. The van der Waals surface area contributed by atoms with Crippen LogP contribution < -0.4 is 19.5 Å². The highest BCUT2D eigenvalue weighted by atomic mass is 32.2. The van der Waals surface area contributed by atoms with Gasteiger partial charge in [0.25, 0.3) is 15.9 Å². The summed E-state index contributed by atoms with van der Waals surface area (Å²) in [6.07, 6.45) is 0.695. The van der Waals surface area contributed by atoms with Gasteiger partial charge in [0.2, 0.25) is 0 Å². The molecule has 0 saturated carbocycles. The van der Waals surface area contributed by atoms with Crippen molar-refractivity contribution in [1.82, 2.24) is 0 Å². The highest BCUT2D eigenvalue weighted by Crippen LogP contribution is 2.32. The lowest BCUT2D eigenvalue weighted by Gasteiger charge is -2.19. The molecular weight excluding hydrogens is 332 g/mol. The van der Waals surface area contributed by atoms with Crippen LogP contribution in [0.4, 0.5) is 11.4 Å². The highest BCUT2D eigenvalue weighted by Gasteiger charge is 2.21. The van der Waals surface area contributed by atoms with E-state index < -0.39 is 10.0 Å². The van der Waals surface area contributed by atoms with Crippen molar-refractivity contribution < 1.29 is 22.7 Å². The fourth-order valence-electron chi connectivity index (χ4n) is 2.69. The van der Waals surface area contributed by atoms with Crippen molar-refractivity contribution in [3.8, 4) is 11.5 Å². The van der Waals surface area contributed by atoms with Crippen molar-refractivity contribution in [2.75, 3.05) is 23.3 Å². The number of carbonyl (C=O) groups is 1. The number of rotatable bonds is 3. The average Bonchev–Trinajstić information content (AvgIpc) is 3.01. The van der Waals surface area contributed by atoms with E-state index in [1.165, 1.54) is 12.1 Å². The maximum absolute atomic E-state index is 12.6. The molecule has 124 valence electrons. The summed E-state index contributed by atoms with van der Waals surface area (Å²) in [7, 11) is -3.73. The number of hydrogen-bond donors (Lipinski definition) is 2. The summed E-state index contributed by atoms with van der Waals surface area (Å²) in [6, 6.07) is 9.52. The molecule has 0 radical (unpaired) electrons. The Labute approximate surface area is 138 Å². The van der Waals surface area contributed by atoms with Gasteiger partial charge >= 0.3 is 0 Å². The second kappa shape index (κ2) is 5.41. The SMILES string of the molecule is O=C1COc2ccc(NS(=O)(=O)c3ccc4c(c3)CCO4)cc2N1. The lowest BCUT2D eigenvalue weighted by Crippen LogP contribution is -2.25. The summed E-state index contributed by atoms with van der Waals surface area (Å²) >= 11 is 0. The fourth-order valence-corrected chi connectivity index (χ4v) is 3.79. The number of hydrogen-bond acceptors (Lipinski definition) is 5. The van der Waals surface area contributed by atoms with Crippen molar-refractivity contribution in [2.24, 2.45) is 0 Å². The van der Waals surface area contributed by atoms with Gasteiger partial charge in [0.15, 0.2) is 6.61 Å². The summed E-state index contributed by atoms with van der Waals surface area (Å²) in [4.78, 5) is 11.5. The van der Waals surface area contributed by atoms with Gasteiger partial charge in [0.1, 0.15) is 11.5 Å². The van der Waals surface area contributed by atoms with Crippen LogP contribution in [0.3, 0.4) is 0 Å². The number of benzene rings is 2. The molecule has 2 aromatic carbocycles. The van der Waals surface area contributed by atoms with Gasteiger partial charge in [-0.25, -0.2) is 8.42 Å². The first-order valence-electron chi connectivity index (χ1n) is 7.36. The van der Waals surface area contributed by atoms with Crippen LogP contribution in [0.25, 0.3) is 0 Å². The van der Waals surface area contributed by atoms with Gasteiger partial charge < -0.3 is 14.8 Å². The van der Waals surface area contributed by atoms with Gasteiger partial charge in [0.05, 0.1) is 22.9 Å². The van der Waals surface area contributed by atoms with Crippen LogP contribution in [0.15, 0.2) is 41.3 Å². The molecule has 0 aliphatic carbocycles. The summed E-state index contributed by atoms with van der Waals surface area (Å²) in [5.41, 5.74) is 1.66. The van der Waals surface area contributed by atoms with Crippen LogP contribution >= 0.6 is 0 Å². The van der Waals surface area contributed by atoms with Gasteiger partial charge in [-0.05, 0) is 42.0 Å². The summed E-state index contributed by atoms with van der Waals surface area (Å²) < 4.78 is 38.3. The Hall–Kier alpha value is -2.74. The third-order valence-corrected chi connectivity index (χ3v) is 5.21. The maximum Gasteiger partial charge on any atom is 0.262 e.